The van der Waals surface area contributed by atoms with Crippen LogP contribution in [0.3, 0.4) is 0 Å². The molecule has 2 rings (SSSR count). The Morgan fingerprint density at radius 1 is 1.40 bits per heavy atom. The second kappa shape index (κ2) is 11.3. The predicted molar refractivity (Wildman–Crippen MR) is 115 cm³/mol. The minimum absolute atomic E-state index is 0. The first-order chi connectivity index (χ1) is 11.5. The van der Waals surface area contributed by atoms with Gasteiger partial charge >= 0.3 is 0 Å². The number of nitrogens with zero attached hydrogens (tertiary/aromatic N) is 1. The molecule has 0 spiro atoms. The molecule has 2 unspecified atom stereocenters. The van der Waals surface area contributed by atoms with E-state index in [0.29, 0.717) is 16.8 Å². The zero-order chi connectivity index (χ0) is 17.4. The fraction of sp³-hybridized carbons (Fsp3) is 0.688. The van der Waals surface area contributed by atoms with E-state index in [1.165, 1.54) is 30.6 Å². The molecule has 0 radical (unpaired) electrons. The summed E-state index contributed by atoms with van der Waals surface area (Å²) in [5, 5.41) is 8.46. The van der Waals surface area contributed by atoms with Gasteiger partial charge in [-0.25, -0.2) is 13.1 Å². The number of hydrogen-bond donors (Lipinski definition) is 3. The fourth-order valence-electron chi connectivity index (χ4n) is 2.91. The summed E-state index contributed by atoms with van der Waals surface area (Å²) in [6, 6.07) is 3.79. The molecule has 1 aromatic rings. The average molecular weight is 500 g/mol. The van der Waals surface area contributed by atoms with Gasteiger partial charge in [0.15, 0.2) is 5.96 Å². The Labute approximate surface area is 172 Å². The van der Waals surface area contributed by atoms with Gasteiger partial charge in [-0.1, -0.05) is 25.8 Å². The van der Waals surface area contributed by atoms with Crippen LogP contribution < -0.4 is 15.4 Å². The van der Waals surface area contributed by atoms with E-state index in [9.17, 15) is 8.42 Å². The number of aliphatic imine (C=N–C) groups is 1. The van der Waals surface area contributed by atoms with Crippen LogP contribution in [0.4, 0.5) is 0 Å². The van der Waals surface area contributed by atoms with Gasteiger partial charge in [-0.3, -0.25) is 4.99 Å². The quantitative estimate of drug-likeness (QED) is 0.233. The number of hydrogen-bond acceptors (Lipinski definition) is 4. The van der Waals surface area contributed by atoms with Crippen molar-refractivity contribution in [3.63, 3.8) is 0 Å². The van der Waals surface area contributed by atoms with Crippen molar-refractivity contribution in [3.8, 4) is 0 Å². The summed E-state index contributed by atoms with van der Waals surface area (Å²) in [5.74, 6) is 1.52. The van der Waals surface area contributed by atoms with Crippen LogP contribution in [0.2, 0.25) is 0 Å². The van der Waals surface area contributed by atoms with Crippen molar-refractivity contribution < 1.29 is 8.42 Å². The molecule has 25 heavy (non-hydrogen) atoms. The van der Waals surface area contributed by atoms with Crippen LogP contribution >= 0.6 is 35.3 Å². The summed E-state index contributed by atoms with van der Waals surface area (Å²) < 4.78 is 27.0. The zero-order valence-corrected chi connectivity index (χ0v) is 18.8. The molecule has 0 aromatic carbocycles. The Morgan fingerprint density at radius 2 is 2.20 bits per heavy atom. The van der Waals surface area contributed by atoms with E-state index < -0.39 is 10.0 Å². The molecule has 1 aliphatic carbocycles. The molecule has 1 aromatic heterocycles. The average Bonchev–Trinajstić information content (AvgIpc) is 3.07. The largest absolute Gasteiger partial charge is 0.357 e. The van der Waals surface area contributed by atoms with Gasteiger partial charge in [-0.15, -0.1) is 35.3 Å². The molecule has 1 saturated carbocycles. The highest BCUT2D eigenvalue weighted by molar-refractivity contribution is 14.0. The molecule has 0 amide bonds. The number of thiophene rings is 1. The van der Waals surface area contributed by atoms with Gasteiger partial charge < -0.3 is 10.6 Å². The molecule has 9 heteroatoms. The molecular formula is C16H29IN4O2S2. The van der Waals surface area contributed by atoms with E-state index in [1.807, 2.05) is 6.92 Å². The molecule has 2 atom stereocenters. The van der Waals surface area contributed by atoms with Crippen molar-refractivity contribution in [2.75, 3.05) is 19.6 Å². The number of nitrogens with one attached hydrogen (secondary N) is 3. The molecule has 144 valence electrons. The van der Waals surface area contributed by atoms with Crippen LogP contribution in [0.25, 0.3) is 0 Å². The summed E-state index contributed by atoms with van der Waals surface area (Å²) in [6.07, 6.45) is 4.88. The summed E-state index contributed by atoms with van der Waals surface area (Å²) >= 11 is 1.21. The van der Waals surface area contributed by atoms with Gasteiger partial charge in [0.2, 0.25) is 10.0 Å². The Balaban J connectivity index is 0.00000312. The maximum absolute atomic E-state index is 12.0. The van der Waals surface area contributed by atoms with Gasteiger partial charge in [0, 0.05) is 19.1 Å². The van der Waals surface area contributed by atoms with Gasteiger partial charge in [0.25, 0.3) is 0 Å². The minimum atomic E-state index is -3.40. The Kier molecular flexibility index (Phi) is 10.3. The van der Waals surface area contributed by atoms with Gasteiger partial charge in [0.1, 0.15) is 4.21 Å². The Bertz CT molecular complexity index is 620. The number of halogens is 1. The first-order valence-electron chi connectivity index (χ1n) is 8.59. The molecular weight excluding hydrogens is 471 g/mol. The summed E-state index contributed by atoms with van der Waals surface area (Å²) in [7, 11) is -3.40. The minimum Gasteiger partial charge on any atom is -0.357 e. The third-order valence-electron chi connectivity index (χ3n) is 4.06. The maximum atomic E-state index is 12.0. The maximum Gasteiger partial charge on any atom is 0.250 e. The number of guanidine groups is 1. The number of sulfonamides is 1. The van der Waals surface area contributed by atoms with E-state index in [-0.39, 0.29) is 30.5 Å². The Hall–Kier alpha value is -0.390. The van der Waals surface area contributed by atoms with E-state index in [4.69, 9.17) is 0 Å². The van der Waals surface area contributed by atoms with Crippen LogP contribution in [0.15, 0.2) is 26.7 Å². The van der Waals surface area contributed by atoms with E-state index >= 15 is 0 Å². The van der Waals surface area contributed by atoms with Crippen molar-refractivity contribution in [1.29, 1.82) is 0 Å². The van der Waals surface area contributed by atoms with Gasteiger partial charge in [-0.2, -0.15) is 0 Å². The smallest absolute Gasteiger partial charge is 0.250 e. The van der Waals surface area contributed by atoms with E-state index in [1.54, 1.807) is 17.5 Å². The summed E-state index contributed by atoms with van der Waals surface area (Å²) in [5.41, 5.74) is 0. The topological polar surface area (TPSA) is 82.6 Å². The lowest BCUT2D eigenvalue weighted by molar-refractivity contribution is 0.324. The summed E-state index contributed by atoms with van der Waals surface area (Å²) in [4.78, 5) is 4.49. The lowest BCUT2D eigenvalue weighted by atomic mass is 9.87. The van der Waals surface area contributed by atoms with Crippen LogP contribution in [0.5, 0.6) is 0 Å². The van der Waals surface area contributed by atoms with Crippen molar-refractivity contribution in [2.24, 2.45) is 10.9 Å². The highest BCUT2D eigenvalue weighted by atomic mass is 127. The third-order valence-corrected chi connectivity index (χ3v) is 6.91. The zero-order valence-electron chi connectivity index (χ0n) is 14.8. The monoisotopic (exact) mass is 500 g/mol. The molecule has 0 aliphatic heterocycles. The highest BCUT2D eigenvalue weighted by Gasteiger charge is 2.19. The third kappa shape index (κ3) is 7.79. The second-order valence-electron chi connectivity index (χ2n) is 6.20. The van der Waals surface area contributed by atoms with Gasteiger partial charge in [-0.05, 0) is 37.1 Å². The van der Waals surface area contributed by atoms with E-state index in [0.717, 1.165) is 24.8 Å². The highest BCUT2D eigenvalue weighted by Crippen LogP contribution is 2.23. The SMILES string of the molecule is CCNC(=NCCNS(=O)(=O)c1cccs1)NC1CCCC(C)C1.I. The molecule has 0 saturated heterocycles. The predicted octanol–water partition coefficient (Wildman–Crippen LogP) is 2.78. The van der Waals surface area contributed by atoms with Crippen molar-refractivity contribution in [3.05, 3.63) is 17.5 Å². The molecule has 1 heterocycles. The van der Waals surface area contributed by atoms with Crippen LogP contribution in [-0.2, 0) is 10.0 Å². The lowest BCUT2D eigenvalue weighted by Crippen LogP contribution is -2.45. The van der Waals surface area contributed by atoms with Crippen molar-refractivity contribution in [1.82, 2.24) is 15.4 Å². The normalized spacial score (nSPS) is 21.4. The first-order valence-corrected chi connectivity index (χ1v) is 11.0. The fourth-order valence-corrected chi connectivity index (χ4v) is 4.97. The molecule has 6 nitrogen and oxygen atoms in total. The standard InChI is InChI=1S/C16H28N4O2S2.HI/c1-3-17-16(20-14-7-4-6-13(2)12-14)18-9-10-19-24(21,22)15-8-5-11-23-15;/h5,8,11,13-14,19H,3-4,6-7,9-10,12H2,1-2H3,(H2,17,18,20);1H. The van der Waals surface area contributed by atoms with Crippen LogP contribution in [-0.4, -0.2) is 40.1 Å². The molecule has 3 N–H and O–H groups in total. The second-order valence-corrected chi connectivity index (χ2v) is 9.15. The summed E-state index contributed by atoms with van der Waals surface area (Å²) in [6.45, 7) is 5.80. The van der Waals surface area contributed by atoms with E-state index in [2.05, 4.69) is 27.3 Å². The van der Waals surface area contributed by atoms with Crippen LogP contribution in [0, 0.1) is 5.92 Å². The lowest BCUT2D eigenvalue weighted by Gasteiger charge is -2.28. The van der Waals surface area contributed by atoms with Gasteiger partial charge in [0.05, 0.1) is 6.54 Å². The molecule has 0 bridgehead atoms. The number of rotatable bonds is 7. The van der Waals surface area contributed by atoms with Crippen molar-refractivity contribution >= 4 is 51.3 Å². The first kappa shape index (κ1) is 22.7. The molecule has 1 fully saturated rings. The Morgan fingerprint density at radius 3 is 2.84 bits per heavy atom. The van der Waals surface area contributed by atoms with Crippen molar-refractivity contribution in [2.45, 2.75) is 49.8 Å². The van der Waals surface area contributed by atoms with Crippen LogP contribution in [0.1, 0.15) is 39.5 Å². The molecule has 1 aliphatic rings.